The van der Waals surface area contributed by atoms with Crippen molar-refractivity contribution in [2.45, 2.75) is 132 Å². The van der Waals surface area contributed by atoms with Crippen molar-refractivity contribution in [1.29, 1.82) is 0 Å². The number of carbonyl (C=O) groups excluding carboxylic acids is 1. The summed E-state index contributed by atoms with van der Waals surface area (Å²) >= 11 is 0. The van der Waals surface area contributed by atoms with Crippen molar-refractivity contribution < 1.29 is 9.53 Å². The average Bonchev–Trinajstić information content (AvgIpc) is 3.16. The van der Waals surface area contributed by atoms with Crippen LogP contribution in [0.2, 0.25) is 0 Å². The number of allylic oxidation sites excluding steroid dienone is 1. The number of fused-ring (bicyclic) bond motifs is 5. The highest BCUT2D eigenvalue weighted by Gasteiger charge is 2.59. The molecular formula is C33H56O2. The normalized spacial score (nSPS) is 40.5. The second-order valence-corrected chi connectivity index (χ2v) is 14.4. The molecule has 0 aromatic heterocycles. The molecule has 3 saturated carbocycles. The second kappa shape index (κ2) is 10.5. The van der Waals surface area contributed by atoms with E-state index in [1.165, 1.54) is 57.8 Å². The molecule has 0 spiro atoms. The predicted octanol–water partition coefficient (Wildman–Crippen LogP) is 9.23. The van der Waals surface area contributed by atoms with Gasteiger partial charge in [-0.3, -0.25) is 4.79 Å². The van der Waals surface area contributed by atoms with Gasteiger partial charge in [0.05, 0.1) is 5.92 Å². The lowest BCUT2D eigenvalue weighted by atomic mass is 9.47. The first-order valence-corrected chi connectivity index (χ1v) is 15.4. The van der Waals surface area contributed by atoms with Crippen LogP contribution in [0.1, 0.15) is 126 Å². The highest BCUT2D eigenvalue weighted by atomic mass is 16.5. The zero-order valence-electron chi connectivity index (χ0n) is 24.4. The summed E-state index contributed by atoms with van der Waals surface area (Å²) in [6.07, 6.45) is 17.2. The van der Waals surface area contributed by atoms with Crippen molar-refractivity contribution in [2.75, 3.05) is 0 Å². The first-order chi connectivity index (χ1) is 16.5. The van der Waals surface area contributed by atoms with E-state index in [4.69, 9.17) is 4.74 Å². The molecule has 3 fully saturated rings. The van der Waals surface area contributed by atoms with Gasteiger partial charge in [0.25, 0.3) is 0 Å². The monoisotopic (exact) mass is 484 g/mol. The first kappa shape index (κ1) is 27.3. The molecule has 0 aliphatic heterocycles. The summed E-state index contributed by atoms with van der Waals surface area (Å²) in [6, 6.07) is 0. The minimum Gasteiger partial charge on any atom is -0.462 e. The van der Waals surface area contributed by atoms with Crippen LogP contribution >= 0.6 is 0 Å². The molecule has 2 nitrogen and oxygen atoms in total. The van der Waals surface area contributed by atoms with Crippen LogP contribution in [0, 0.1) is 58.2 Å². The van der Waals surface area contributed by atoms with E-state index in [0.717, 1.165) is 54.3 Å². The lowest BCUT2D eigenvalue weighted by Gasteiger charge is -2.58. The van der Waals surface area contributed by atoms with Crippen LogP contribution in [0.5, 0.6) is 0 Å². The molecule has 0 aromatic rings. The summed E-state index contributed by atoms with van der Waals surface area (Å²) < 4.78 is 5.89. The van der Waals surface area contributed by atoms with Gasteiger partial charge in [-0.15, -0.1) is 0 Å². The van der Waals surface area contributed by atoms with Gasteiger partial charge in [-0.25, -0.2) is 0 Å². The van der Waals surface area contributed by atoms with Gasteiger partial charge in [0.1, 0.15) is 6.10 Å². The summed E-state index contributed by atoms with van der Waals surface area (Å²) in [5.41, 5.74) is 2.50. The van der Waals surface area contributed by atoms with E-state index in [-0.39, 0.29) is 18.0 Å². The third kappa shape index (κ3) is 5.03. The number of esters is 1. The number of ether oxygens (including phenoxy) is 1. The largest absolute Gasteiger partial charge is 0.462 e. The fourth-order valence-corrected chi connectivity index (χ4v) is 9.69. The Labute approximate surface area is 217 Å². The molecule has 9 atom stereocenters. The van der Waals surface area contributed by atoms with Crippen molar-refractivity contribution >= 4 is 5.97 Å². The molecule has 4 unspecified atom stereocenters. The van der Waals surface area contributed by atoms with Crippen molar-refractivity contribution in [3.05, 3.63) is 11.6 Å². The van der Waals surface area contributed by atoms with Gasteiger partial charge in [-0.1, -0.05) is 79.9 Å². The predicted molar refractivity (Wildman–Crippen MR) is 147 cm³/mol. The molecule has 4 aliphatic carbocycles. The standard InChI is InChI=1S/C33H56O2/c1-9-24(21(2)3)11-10-23(6)28-14-15-29-27-13-12-25-20-26(35-31(34)22(4)5)16-18-32(25,7)30(27)17-19-33(28,29)8/h12,21-24,26-30H,9-11,13-20H2,1-8H3/t23?,24-,26+,27+,28?,29?,30?,32+,33-/m1/s1. The maximum absolute atomic E-state index is 12.2. The zero-order chi connectivity index (χ0) is 25.5. The van der Waals surface area contributed by atoms with E-state index in [0.29, 0.717) is 10.8 Å². The molecule has 0 bridgehead atoms. The Balaban J connectivity index is 1.44. The molecule has 4 rings (SSSR count). The minimum absolute atomic E-state index is 0.0221. The fraction of sp³-hybridized carbons (Fsp3) is 0.909. The van der Waals surface area contributed by atoms with Crippen molar-refractivity contribution in [1.82, 2.24) is 0 Å². The topological polar surface area (TPSA) is 26.3 Å². The Kier molecular flexibility index (Phi) is 8.20. The molecule has 0 saturated heterocycles. The van der Waals surface area contributed by atoms with E-state index in [2.05, 4.69) is 47.6 Å². The van der Waals surface area contributed by atoms with Crippen LogP contribution in [0.3, 0.4) is 0 Å². The van der Waals surface area contributed by atoms with Crippen LogP contribution in [-0.4, -0.2) is 12.1 Å². The van der Waals surface area contributed by atoms with E-state index in [9.17, 15) is 4.79 Å². The number of carbonyl (C=O) groups is 1. The summed E-state index contributed by atoms with van der Waals surface area (Å²) in [7, 11) is 0. The highest BCUT2D eigenvalue weighted by molar-refractivity contribution is 5.71. The second-order valence-electron chi connectivity index (χ2n) is 14.4. The molecule has 0 radical (unpaired) electrons. The molecule has 35 heavy (non-hydrogen) atoms. The Morgan fingerprint density at radius 1 is 1.00 bits per heavy atom. The van der Waals surface area contributed by atoms with Crippen molar-refractivity contribution in [3.8, 4) is 0 Å². The molecule has 0 aromatic carbocycles. The van der Waals surface area contributed by atoms with Crippen LogP contribution < -0.4 is 0 Å². The van der Waals surface area contributed by atoms with Gasteiger partial charge in [0.2, 0.25) is 0 Å². The molecule has 0 heterocycles. The molecule has 0 amide bonds. The van der Waals surface area contributed by atoms with Gasteiger partial charge in [-0.05, 0) is 104 Å². The highest BCUT2D eigenvalue weighted by Crippen LogP contribution is 2.67. The fourth-order valence-electron chi connectivity index (χ4n) is 9.69. The van der Waals surface area contributed by atoms with Crippen LogP contribution in [0.4, 0.5) is 0 Å². The lowest BCUT2D eigenvalue weighted by Crippen LogP contribution is -2.51. The minimum atomic E-state index is -0.0278. The summed E-state index contributed by atoms with van der Waals surface area (Å²) in [6.45, 7) is 19.0. The van der Waals surface area contributed by atoms with Crippen LogP contribution in [0.15, 0.2) is 11.6 Å². The van der Waals surface area contributed by atoms with Crippen molar-refractivity contribution in [2.24, 2.45) is 58.2 Å². The van der Waals surface area contributed by atoms with Gasteiger partial charge >= 0.3 is 5.97 Å². The number of hydrogen-bond donors (Lipinski definition) is 0. The Hall–Kier alpha value is -0.790. The van der Waals surface area contributed by atoms with Gasteiger partial charge < -0.3 is 4.74 Å². The quantitative estimate of drug-likeness (QED) is 0.253. The van der Waals surface area contributed by atoms with Gasteiger partial charge in [-0.2, -0.15) is 0 Å². The Bertz CT molecular complexity index is 780. The molecule has 0 N–H and O–H groups in total. The van der Waals surface area contributed by atoms with E-state index in [1.807, 2.05) is 13.8 Å². The Morgan fingerprint density at radius 2 is 1.74 bits per heavy atom. The average molecular weight is 485 g/mol. The summed E-state index contributed by atoms with van der Waals surface area (Å²) in [4.78, 5) is 12.2. The van der Waals surface area contributed by atoms with E-state index < -0.39 is 0 Å². The first-order valence-electron chi connectivity index (χ1n) is 15.4. The van der Waals surface area contributed by atoms with Crippen LogP contribution in [0.25, 0.3) is 0 Å². The Morgan fingerprint density at radius 3 is 2.40 bits per heavy atom. The summed E-state index contributed by atoms with van der Waals surface area (Å²) in [5.74, 6) is 6.07. The smallest absolute Gasteiger partial charge is 0.308 e. The third-order valence-electron chi connectivity index (χ3n) is 12.0. The molecule has 200 valence electrons. The summed E-state index contributed by atoms with van der Waals surface area (Å²) in [5, 5.41) is 0. The molecule has 2 heteroatoms. The third-order valence-corrected chi connectivity index (χ3v) is 12.0. The zero-order valence-corrected chi connectivity index (χ0v) is 24.4. The van der Waals surface area contributed by atoms with E-state index in [1.54, 1.807) is 5.57 Å². The lowest BCUT2D eigenvalue weighted by molar-refractivity contribution is -0.155. The number of hydrogen-bond acceptors (Lipinski definition) is 2. The van der Waals surface area contributed by atoms with Gasteiger partial charge in [0, 0.05) is 6.42 Å². The maximum atomic E-state index is 12.2. The molecular weight excluding hydrogens is 428 g/mol. The van der Waals surface area contributed by atoms with E-state index >= 15 is 0 Å². The number of rotatable bonds is 8. The molecule has 4 aliphatic rings. The van der Waals surface area contributed by atoms with Crippen LogP contribution in [-0.2, 0) is 9.53 Å². The maximum Gasteiger partial charge on any atom is 0.308 e. The van der Waals surface area contributed by atoms with Gasteiger partial charge in [0.15, 0.2) is 0 Å². The van der Waals surface area contributed by atoms with Crippen molar-refractivity contribution in [3.63, 3.8) is 0 Å². The SMILES string of the molecule is CC[C@H](CCC(C)C1CCC2[C@@H]3CC=C4C[C@@H](OC(=O)C(C)C)CC[C@]4(C)C3CC[C@]12C)C(C)C.